The lowest BCUT2D eigenvalue weighted by Gasteiger charge is -2.21. The lowest BCUT2D eigenvalue weighted by atomic mass is 10.1. The predicted molar refractivity (Wildman–Crippen MR) is 82.3 cm³/mol. The monoisotopic (exact) mass is 299 g/mol. The highest BCUT2D eigenvalue weighted by atomic mass is 32.2. The van der Waals surface area contributed by atoms with Gasteiger partial charge in [0.2, 0.25) is 10.0 Å². The van der Waals surface area contributed by atoms with E-state index in [-0.39, 0.29) is 0 Å². The third-order valence-corrected chi connectivity index (χ3v) is 5.18. The summed E-state index contributed by atoms with van der Waals surface area (Å²) in [4.78, 5) is 2.36. The fourth-order valence-corrected chi connectivity index (χ4v) is 3.30. The molecule has 114 valence electrons. The Balaban J connectivity index is 3.04. The van der Waals surface area contributed by atoms with Crippen LogP contribution in [0, 0.1) is 6.92 Å². The third-order valence-electron chi connectivity index (χ3n) is 3.18. The van der Waals surface area contributed by atoms with Gasteiger partial charge >= 0.3 is 0 Å². The largest absolute Gasteiger partial charge is 0.316 e. The normalized spacial score (nSPS) is 12.3. The first-order chi connectivity index (χ1) is 9.28. The van der Waals surface area contributed by atoms with Crippen molar-refractivity contribution in [2.24, 2.45) is 0 Å². The van der Waals surface area contributed by atoms with E-state index in [1.54, 1.807) is 13.1 Å². The molecular weight excluding hydrogens is 274 g/mol. The van der Waals surface area contributed by atoms with E-state index >= 15 is 0 Å². The van der Waals surface area contributed by atoms with Crippen molar-refractivity contribution >= 4 is 10.0 Å². The lowest BCUT2D eigenvalue weighted by Crippen LogP contribution is -2.34. The van der Waals surface area contributed by atoms with E-state index in [0.29, 0.717) is 24.5 Å². The average molecular weight is 299 g/mol. The summed E-state index contributed by atoms with van der Waals surface area (Å²) in [6.07, 6.45) is 0. The first kappa shape index (κ1) is 17.1. The Bertz CT molecular complexity index is 541. The number of likely N-dealkylation sites (N-methyl/N-ethyl adjacent to an activating group) is 2. The first-order valence-electron chi connectivity index (χ1n) is 6.64. The molecule has 0 radical (unpaired) electrons. The molecule has 6 heteroatoms. The van der Waals surface area contributed by atoms with Crippen molar-refractivity contribution in [2.45, 2.75) is 18.4 Å². The molecule has 0 spiro atoms. The molecule has 1 N–H and O–H groups in total. The van der Waals surface area contributed by atoms with E-state index in [0.717, 1.165) is 11.1 Å². The Kier molecular flexibility index (Phi) is 6.13. The molecule has 0 fully saturated rings. The summed E-state index contributed by atoms with van der Waals surface area (Å²) in [5.74, 6) is 0. The summed E-state index contributed by atoms with van der Waals surface area (Å²) in [6.45, 7) is 3.66. The van der Waals surface area contributed by atoms with Crippen LogP contribution in [0.2, 0.25) is 0 Å². The van der Waals surface area contributed by atoms with E-state index < -0.39 is 10.0 Å². The van der Waals surface area contributed by atoms with Crippen LogP contribution in [0.1, 0.15) is 11.1 Å². The maximum atomic E-state index is 12.6. The zero-order valence-corrected chi connectivity index (χ0v) is 13.8. The van der Waals surface area contributed by atoms with Crippen molar-refractivity contribution < 1.29 is 8.42 Å². The molecule has 0 unspecified atom stereocenters. The van der Waals surface area contributed by atoms with Crippen molar-refractivity contribution in [1.29, 1.82) is 0 Å². The van der Waals surface area contributed by atoms with E-state index in [1.165, 1.54) is 4.31 Å². The highest BCUT2D eigenvalue weighted by Gasteiger charge is 2.22. The molecule has 0 aliphatic carbocycles. The number of sulfonamides is 1. The molecule has 0 bridgehead atoms. The molecular formula is C14H25N3O2S. The van der Waals surface area contributed by atoms with Crippen LogP contribution in [-0.2, 0) is 16.6 Å². The molecule has 0 aliphatic heterocycles. The maximum absolute atomic E-state index is 12.6. The molecule has 0 aromatic heterocycles. The molecule has 0 saturated heterocycles. The summed E-state index contributed by atoms with van der Waals surface area (Å²) in [5, 5.41) is 3.04. The van der Waals surface area contributed by atoms with Gasteiger partial charge in [0.15, 0.2) is 0 Å². The van der Waals surface area contributed by atoms with Gasteiger partial charge in [0.05, 0.1) is 4.90 Å². The average Bonchev–Trinajstić information content (AvgIpc) is 2.38. The minimum atomic E-state index is -3.43. The molecule has 0 atom stereocenters. The topological polar surface area (TPSA) is 52.7 Å². The second-order valence-corrected chi connectivity index (χ2v) is 7.27. The number of hydrogen-bond acceptors (Lipinski definition) is 4. The number of nitrogens with one attached hydrogen (secondary N) is 1. The van der Waals surface area contributed by atoms with Crippen LogP contribution >= 0.6 is 0 Å². The molecule has 1 rings (SSSR count). The van der Waals surface area contributed by atoms with Gasteiger partial charge in [0, 0.05) is 26.7 Å². The van der Waals surface area contributed by atoms with Gasteiger partial charge in [0.25, 0.3) is 0 Å². The number of benzene rings is 1. The maximum Gasteiger partial charge on any atom is 0.243 e. The third kappa shape index (κ3) is 4.28. The van der Waals surface area contributed by atoms with Crippen LogP contribution < -0.4 is 5.32 Å². The minimum absolute atomic E-state index is 0.395. The van der Waals surface area contributed by atoms with Crippen LogP contribution in [0.5, 0.6) is 0 Å². The summed E-state index contributed by atoms with van der Waals surface area (Å²) in [7, 11) is 3.90. The van der Waals surface area contributed by atoms with E-state index in [9.17, 15) is 8.42 Å². The van der Waals surface area contributed by atoms with Crippen LogP contribution in [0.4, 0.5) is 0 Å². The van der Waals surface area contributed by atoms with E-state index in [1.807, 2.05) is 45.1 Å². The molecule has 0 aliphatic rings. The van der Waals surface area contributed by atoms with Gasteiger partial charge in [-0.05, 0) is 45.3 Å². The second-order valence-electron chi connectivity index (χ2n) is 5.26. The minimum Gasteiger partial charge on any atom is -0.316 e. The number of aryl methyl sites for hydroxylation is 1. The highest BCUT2D eigenvalue weighted by molar-refractivity contribution is 7.89. The van der Waals surface area contributed by atoms with Crippen molar-refractivity contribution in [3.8, 4) is 0 Å². The molecule has 20 heavy (non-hydrogen) atoms. The first-order valence-corrected chi connectivity index (χ1v) is 8.08. The van der Waals surface area contributed by atoms with Crippen molar-refractivity contribution in [2.75, 3.05) is 41.3 Å². The standard InChI is InChI=1S/C14H25N3O2S/c1-12-6-7-13(11-15-2)10-14(12)20(18,19)17(5)9-8-16(3)4/h6-7,10,15H,8-9,11H2,1-5H3. The van der Waals surface area contributed by atoms with E-state index in [4.69, 9.17) is 0 Å². The molecule has 0 saturated carbocycles. The number of hydrogen-bond donors (Lipinski definition) is 1. The second kappa shape index (κ2) is 7.17. The van der Waals surface area contributed by atoms with E-state index in [2.05, 4.69) is 5.32 Å². The molecule has 5 nitrogen and oxygen atoms in total. The Morgan fingerprint density at radius 2 is 1.80 bits per heavy atom. The summed E-state index contributed by atoms with van der Waals surface area (Å²) in [6, 6.07) is 5.57. The highest BCUT2D eigenvalue weighted by Crippen LogP contribution is 2.20. The fraction of sp³-hybridized carbons (Fsp3) is 0.571. The van der Waals surface area contributed by atoms with Crippen LogP contribution in [0.3, 0.4) is 0 Å². The lowest BCUT2D eigenvalue weighted by molar-refractivity contribution is 0.358. The van der Waals surface area contributed by atoms with Crippen molar-refractivity contribution in [3.05, 3.63) is 29.3 Å². The van der Waals surface area contributed by atoms with Crippen LogP contribution in [0.15, 0.2) is 23.1 Å². The fourth-order valence-electron chi connectivity index (χ4n) is 1.87. The zero-order chi connectivity index (χ0) is 15.3. The van der Waals surface area contributed by atoms with Crippen molar-refractivity contribution in [3.63, 3.8) is 0 Å². The summed E-state index contributed by atoms with van der Waals surface area (Å²) >= 11 is 0. The Morgan fingerprint density at radius 3 is 2.35 bits per heavy atom. The van der Waals surface area contributed by atoms with Gasteiger partial charge in [-0.1, -0.05) is 12.1 Å². The van der Waals surface area contributed by atoms with Gasteiger partial charge in [-0.15, -0.1) is 0 Å². The number of rotatable bonds is 7. The molecule has 1 aromatic carbocycles. The van der Waals surface area contributed by atoms with Crippen LogP contribution in [-0.4, -0.2) is 58.9 Å². The summed E-state index contributed by atoms with van der Waals surface area (Å²) in [5.41, 5.74) is 1.75. The quantitative estimate of drug-likeness (QED) is 0.813. The zero-order valence-electron chi connectivity index (χ0n) is 13.0. The van der Waals surface area contributed by atoms with Gasteiger partial charge in [0.1, 0.15) is 0 Å². The SMILES string of the molecule is CNCc1ccc(C)c(S(=O)(=O)N(C)CCN(C)C)c1. The van der Waals surface area contributed by atoms with Gasteiger partial charge in [-0.25, -0.2) is 8.42 Å². The van der Waals surface area contributed by atoms with Crippen molar-refractivity contribution in [1.82, 2.24) is 14.5 Å². The van der Waals surface area contributed by atoms with Gasteiger partial charge in [-0.2, -0.15) is 4.31 Å². The molecule has 0 heterocycles. The smallest absolute Gasteiger partial charge is 0.243 e. The Labute approximate surface area is 122 Å². The van der Waals surface area contributed by atoms with Gasteiger partial charge in [-0.3, -0.25) is 0 Å². The van der Waals surface area contributed by atoms with Crippen LogP contribution in [0.25, 0.3) is 0 Å². The summed E-state index contributed by atoms with van der Waals surface area (Å²) < 4.78 is 26.6. The molecule has 1 aromatic rings. The Hall–Kier alpha value is -0.950. The Morgan fingerprint density at radius 1 is 1.15 bits per heavy atom. The number of nitrogens with zero attached hydrogens (tertiary/aromatic N) is 2. The van der Waals surface area contributed by atoms with Gasteiger partial charge < -0.3 is 10.2 Å². The molecule has 0 amide bonds. The predicted octanol–water partition coefficient (Wildman–Crippen LogP) is 0.897.